The van der Waals surface area contributed by atoms with E-state index >= 15 is 0 Å². The minimum Gasteiger partial charge on any atom is -0.394 e. The first-order valence-corrected chi connectivity index (χ1v) is 3.73. The lowest BCUT2D eigenvalue weighted by atomic mass is 10.2. The van der Waals surface area contributed by atoms with E-state index in [0.717, 1.165) is 4.90 Å². The Morgan fingerprint density at radius 2 is 2.33 bits per heavy atom. The first-order valence-electron chi connectivity index (χ1n) is 3.73. The van der Waals surface area contributed by atoms with Crippen molar-refractivity contribution in [1.29, 1.82) is 0 Å². The third kappa shape index (κ3) is 2.87. The third-order valence-electron chi connectivity index (χ3n) is 1.48. The molecule has 0 aliphatic carbocycles. The topological polar surface area (TPSA) is 69.6 Å². The lowest BCUT2D eigenvalue weighted by molar-refractivity contribution is -0.133. The zero-order chi connectivity index (χ0) is 9.56. The summed E-state index contributed by atoms with van der Waals surface area (Å²) in [6.45, 7) is 1.90. The van der Waals surface area contributed by atoms with Gasteiger partial charge in [-0.2, -0.15) is 0 Å². The second-order valence-electron chi connectivity index (χ2n) is 2.36. The maximum atomic E-state index is 11.1. The van der Waals surface area contributed by atoms with E-state index in [9.17, 15) is 9.59 Å². The first kappa shape index (κ1) is 10.9. The summed E-state index contributed by atoms with van der Waals surface area (Å²) < 4.78 is 0. The Balaban J connectivity index is 4.13. The molecule has 0 saturated heterocycles. The first-order chi connectivity index (χ1) is 5.67. The Morgan fingerprint density at radius 1 is 1.75 bits per heavy atom. The van der Waals surface area contributed by atoms with Gasteiger partial charge in [0, 0.05) is 13.6 Å². The van der Waals surface area contributed by atoms with Crippen LogP contribution in [0.4, 0.5) is 0 Å². The average Bonchev–Trinajstić information content (AvgIpc) is 2.06. The molecule has 0 bridgehead atoms. The highest BCUT2D eigenvalue weighted by atomic mass is 16.3. The fraction of sp³-hybridized carbons (Fsp3) is 0.714. The number of amides is 2. The molecule has 0 heterocycles. The van der Waals surface area contributed by atoms with Gasteiger partial charge >= 0.3 is 0 Å². The van der Waals surface area contributed by atoms with Crippen molar-refractivity contribution in [2.75, 3.05) is 20.2 Å². The van der Waals surface area contributed by atoms with Gasteiger partial charge in [-0.1, -0.05) is 0 Å². The quantitative estimate of drug-likeness (QED) is 0.502. The Bertz CT molecular complexity index is 161. The van der Waals surface area contributed by atoms with Crippen LogP contribution in [0.2, 0.25) is 0 Å². The van der Waals surface area contributed by atoms with Crippen LogP contribution >= 0.6 is 0 Å². The van der Waals surface area contributed by atoms with Crippen LogP contribution in [-0.4, -0.2) is 48.6 Å². The maximum absolute atomic E-state index is 11.1. The van der Waals surface area contributed by atoms with Crippen LogP contribution in [0.25, 0.3) is 0 Å². The van der Waals surface area contributed by atoms with Crippen molar-refractivity contribution in [3.63, 3.8) is 0 Å². The summed E-state index contributed by atoms with van der Waals surface area (Å²) in [6, 6.07) is -0.776. The zero-order valence-electron chi connectivity index (χ0n) is 7.28. The molecule has 0 aromatic rings. The molecule has 0 saturated carbocycles. The van der Waals surface area contributed by atoms with E-state index < -0.39 is 6.04 Å². The molecule has 0 rings (SSSR count). The summed E-state index contributed by atoms with van der Waals surface area (Å²) in [7, 11) is 1.45. The standard InChI is InChI=1S/C7H14N2O3/c1-3-8-7(12)6(4-10)9(2)5-11/h5-6,10H,3-4H2,1-2H3,(H,8,12)/t6-/m1/s1. The number of carbonyl (C=O) groups excluding carboxylic acids is 2. The Hall–Kier alpha value is -1.10. The molecule has 1 atom stereocenters. The summed E-state index contributed by atoms with van der Waals surface area (Å²) in [5.41, 5.74) is 0. The molecule has 2 N–H and O–H groups in total. The van der Waals surface area contributed by atoms with Crippen molar-refractivity contribution in [2.24, 2.45) is 0 Å². The molecule has 0 aromatic heterocycles. The van der Waals surface area contributed by atoms with Crippen molar-refractivity contribution in [3.8, 4) is 0 Å². The number of nitrogens with one attached hydrogen (secondary N) is 1. The van der Waals surface area contributed by atoms with Gasteiger partial charge in [-0.3, -0.25) is 9.59 Å². The molecule has 0 aliphatic rings. The number of aliphatic hydroxyl groups is 1. The van der Waals surface area contributed by atoms with Crippen molar-refractivity contribution >= 4 is 12.3 Å². The molecule has 5 nitrogen and oxygen atoms in total. The molecule has 0 spiro atoms. The van der Waals surface area contributed by atoms with E-state index in [1.54, 1.807) is 6.92 Å². The number of hydrogen-bond acceptors (Lipinski definition) is 3. The van der Waals surface area contributed by atoms with E-state index in [2.05, 4.69) is 5.32 Å². The van der Waals surface area contributed by atoms with Crippen molar-refractivity contribution < 1.29 is 14.7 Å². The Labute approximate surface area is 71.4 Å². The zero-order valence-corrected chi connectivity index (χ0v) is 7.28. The van der Waals surface area contributed by atoms with Crippen molar-refractivity contribution in [2.45, 2.75) is 13.0 Å². The van der Waals surface area contributed by atoms with Gasteiger partial charge in [0.1, 0.15) is 6.04 Å². The van der Waals surface area contributed by atoms with E-state index in [1.807, 2.05) is 0 Å². The number of carbonyl (C=O) groups is 2. The monoisotopic (exact) mass is 174 g/mol. The van der Waals surface area contributed by atoms with E-state index in [1.165, 1.54) is 7.05 Å². The normalized spacial score (nSPS) is 11.9. The number of likely N-dealkylation sites (N-methyl/N-ethyl adjacent to an activating group) is 2. The summed E-state index contributed by atoms with van der Waals surface area (Å²) in [6.07, 6.45) is 0.510. The van der Waals surface area contributed by atoms with Gasteiger partial charge in [-0.05, 0) is 6.92 Å². The highest BCUT2D eigenvalue weighted by Crippen LogP contribution is 1.91. The summed E-state index contributed by atoms with van der Waals surface area (Å²) >= 11 is 0. The Morgan fingerprint density at radius 3 is 2.67 bits per heavy atom. The van der Waals surface area contributed by atoms with Crippen molar-refractivity contribution in [1.82, 2.24) is 10.2 Å². The maximum Gasteiger partial charge on any atom is 0.245 e. The van der Waals surface area contributed by atoms with Crippen LogP contribution < -0.4 is 5.32 Å². The molecule has 0 aromatic carbocycles. The second-order valence-corrected chi connectivity index (χ2v) is 2.36. The minimum atomic E-state index is -0.776. The summed E-state index contributed by atoms with van der Waals surface area (Å²) in [5, 5.41) is 11.3. The fourth-order valence-corrected chi connectivity index (χ4v) is 0.762. The molecule has 0 aliphatic heterocycles. The molecule has 0 radical (unpaired) electrons. The van der Waals surface area contributed by atoms with E-state index in [4.69, 9.17) is 5.11 Å². The van der Waals surface area contributed by atoms with Crippen LogP contribution in [0.5, 0.6) is 0 Å². The number of hydrogen-bond donors (Lipinski definition) is 2. The van der Waals surface area contributed by atoms with Crippen molar-refractivity contribution in [3.05, 3.63) is 0 Å². The van der Waals surface area contributed by atoms with Gasteiger partial charge in [0.15, 0.2) is 0 Å². The van der Waals surface area contributed by atoms with Gasteiger partial charge in [0.2, 0.25) is 12.3 Å². The molecular formula is C7H14N2O3. The number of rotatable bonds is 5. The van der Waals surface area contributed by atoms with Gasteiger partial charge in [0.25, 0.3) is 0 Å². The van der Waals surface area contributed by atoms with Gasteiger partial charge in [0.05, 0.1) is 6.61 Å². The van der Waals surface area contributed by atoms with Crippen LogP contribution in [-0.2, 0) is 9.59 Å². The number of aliphatic hydroxyl groups excluding tert-OH is 1. The number of nitrogens with zero attached hydrogens (tertiary/aromatic N) is 1. The van der Waals surface area contributed by atoms with Gasteiger partial charge in [-0.25, -0.2) is 0 Å². The van der Waals surface area contributed by atoms with E-state index in [-0.39, 0.29) is 12.5 Å². The van der Waals surface area contributed by atoms with Gasteiger partial charge in [-0.15, -0.1) is 0 Å². The van der Waals surface area contributed by atoms with Crippen LogP contribution in [0.3, 0.4) is 0 Å². The largest absolute Gasteiger partial charge is 0.394 e. The molecular weight excluding hydrogens is 160 g/mol. The molecule has 0 unspecified atom stereocenters. The SMILES string of the molecule is CCNC(=O)[C@@H](CO)N(C)C=O. The molecule has 12 heavy (non-hydrogen) atoms. The lowest BCUT2D eigenvalue weighted by Crippen LogP contribution is -2.46. The molecule has 0 fully saturated rings. The minimum absolute atomic E-state index is 0.338. The molecule has 5 heteroatoms. The average molecular weight is 174 g/mol. The molecule has 70 valence electrons. The predicted molar refractivity (Wildman–Crippen MR) is 43.4 cm³/mol. The highest BCUT2D eigenvalue weighted by Gasteiger charge is 2.19. The Kier molecular flexibility index (Phi) is 5.03. The van der Waals surface area contributed by atoms with Crippen LogP contribution in [0, 0.1) is 0 Å². The summed E-state index contributed by atoms with van der Waals surface area (Å²) in [4.78, 5) is 22.5. The lowest BCUT2D eigenvalue weighted by Gasteiger charge is -2.20. The predicted octanol–water partition coefficient (Wildman–Crippen LogP) is -1.43. The highest BCUT2D eigenvalue weighted by molar-refractivity contribution is 5.83. The third-order valence-corrected chi connectivity index (χ3v) is 1.48. The van der Waals surface area contributed by atoms with E-state index in [0.29, 0.717) is 13.0 Å². The molecule has 2 amide bonds. The van der Waals surface area contributed by atoms with Gasteiger partial charge < -0.3 is 15.3 Å². The van der Waals surface area contributed by atoms with Crippen LogP contribution in [0.1, 0.15) is 6.92 Å². The second kappa shape index (κ2) is 5.54. The van der Waals surface area contributed by atoms with Crippen LogP contribution in [0.15, 0.2) is 0 Å². The summed E-state index contributed by atoms with van der Waals surface area (Å²) in [5.74, 6) is -0.338. The smallest absolute Gasteiger partial charge is 0.245 e. The fourth-order valence-electron chi connectivity index (χ4n) is 0.762.